The van der Waals surface area contributed by atoms with Crippen molar-refractivity contribution in [2.45, 2.75) is 45.7 Å². The highest BCUT2D eigenvalue weighted by atomic mass is 35.5. The molecule has 0 bridgehead atoms. The van der Waals surface area contributed by atoms with Gasteiger partial charge < -0.3 is 29.5 Å². The first kappa shape index (κ1) is 32.8. The summed E-state index contributed by atoms with van der Waals surface area (Å²) in [6, 6.07) is 16.4. The van der Waals surface area contributed by atoms with E-state index in [9.17, 15) is 9.18 Å². The van der Waals surface area contributed by atoms with E-state index < -0.39 is 0 Å². The first-order valence-corrected chi connectivity index (χ1v) is 14.9. The van der Waals surface area contributed by atoms with E-state index in [1.54, 1.807) is 19.2 Å². The summed E-state index contributed by atoms with van der Waals surface area (Å²) >= 11 is 6.30. The summed E-state index contributed by atoms with van der Waals surface area (Å²) in [5, 5.41) is 10.8. The Bertz CT molecular complexity index is 1490. The molecule has 2 aliphatic rings. The molecule has 44 heavy (non-hydrogen) atoms. The summed E-state index contributed by atoms with van der Waals surface area (Å²) < 4.78 is 31.6. The number of carbonyl (C=O) groups is 2. The van der Waals surface area contributed by atoms with Gasteiger partial charge in [0.25, 0.3) is 12.4 Å². The minimum absolute atomic E-state index is 0.0422. The van der Waals surface area contributed by atoms with Gasteiger partial charge >= 0.3 is 0 Å². The summed E-state index contributed by atoms with van der Waals surface area (Å²) in [5.41, 5.74) is 5.45. The number of methoxy groups -OCH3 is 1. The zero-order valence-corrected chi connectivity index (χ0v) is 26.0. The lowest BCUT2D eigenvalue weighted by molar-refractivity contribution is -0.128. The molecule has 0 atom stereocenters. The molecule has 2 N–H and O–H groups in total. The molecule has 5 rings (SSSR count). The SMILES string of the molecule is COc1ccc(F)c(CN(C(=O)C2=C(c3ccc(OCCOc4cc(C)c(C)cc4Cl)cc3)CCNC2)C2CC2)c1.O=CO. The molecule has 1 heterocycles. The van der Waals surface area contributed by atoms with E-state index in [2.05, 4.69) is 5.32 Å². The van der Waals surface area contributed by atoms with E-state index >= 15 is 0 Å². The smallest absolute Gasteiger partial charge is 0.290 e. The molecule has 0 unspecified atom stereocenters. The Hall–Kier alpha value is -4.08. The van der Waals surface area contributed by atoms with Crippen LogP contribution in [0.3, 0.4) is 0 Å². The fourth-order valence-electron chi connectivity index (χ4n) is 5.05. The number of benzene rings is 3. The number of ether oxygens (including phenoxy) is 3. The summed E-state index contributed by atoms with van der Waals surface area (Å²) in [4.78, 5) is 24.1. The molecule has 0 spiro atoms. The van der Waals surface area contributed by atoms with Gasteiger partial charge in [0.05, 0.1) is 12.1 Å². The summed E-state index contributed by atoms with van der Waals surface area (Å²) in [6.07, 6.45) is 2.59. The fraction of sp³-hybridized carbons (Fsp3) is 0.353. The third-order valence-corrected chi connectivity index (χ3v) is 7.97. The number of rotatable bonds is 11. The monoisotopic (exact) mass is 624 g/mol. The lowest BCUT2D eigenvalue weighted by atomic mass is 9.93. The van der Waals surface area contributed by atoms with Crippen LogP contribution in [0.15, 0.2) is 60.2 Å². The van der Waals surface area contributed by atoms with E-state index in [4.69, 9.17) is 35.7 Å². The van der Waals surface area contributed by atoms with Crippen LogP contribution in [0, 0.1) is 19.7 Å². The zero-order chi connectivity index (χ0) is 31.6. The van der Waals surface area contributed by atoms with E-state index in [0.29, 0.717) is 41.8 Å². The van der Waals surface area contributed by atoms with Gasteiger partial charge in [-0.15, -0.1) is 0 Å². The van der Waals surface area contributed by atoms with E-state index in [1.807, 2.05) is 55.1 Å². The van der Waals surface area contributed by atoms with Gasteiger partial charge in [-0.2, -0.15) is 0 Å². The second-order valence-electron chi connectivity index (χ2n) is 10.7. The van der Waals surface area contributed by atoms with Gasteiger partial charge in [-0.1, -0.05) is 23.7 Å². The van der Waals surface area contributed by atoms with Crippen LogP contribution in [-0.2, 0) is 16.1 Å². The maximum Gasteiger partial charge on any atom is 0.290 e. The first-order chi connectivity index (χ1) is 21.2. The molecule has 0 radical (unpaired) electrons. The van der Waals surface area contributed by atoms with Crippen LogP contribution in [0.4, 0.5) is 4.39 Å². The van der Waals surface area contributed by atoms with Gasteiger partial charge in [-0.05, 0) is 104 Å². The normalized spacial score (nSPS) is 14.3. The molecular formula is C34H38ClFN2O6. The Morgan fingerprint density at radius 1 is 1.05 bits per heavy atom. The van der Waals surface area contributed by atoms with Gasteiger partial charge in [0, 0.05) is 30.3 Å². The van der Waals surface area contributed by atoms with Crippen LogP contribution in [-0.4, -0.2) is 61.8 Å². The van der Waals surface area contributed by atoms with Gasteiger partial charge in [0.2, 0.25) is 0 Å². The van der Waals surface area contributed by atoms with Crippen molar-refractivity contribution in [1.82, 2.24) is 10.2 Å². The van der Waals surface area contributed by atoms with E-state index in [1.165, 1.54) is 6.07 Å². The van der Waals surface area contributed by atoms with E-state index in [-0.39, 0.29) is 30.8 Å². The summed E-state index contributed by atoms with van der Waals surface area (Å²) in [7, 11) is 1.55. The van der Waals surface area contributed by atoms with Crippen LogP contribution >= 0.6 is 11.6 Å². The number of hydrogen-bond acceptors (Lipinski definition) is 6. The first-order valence-electron chi connectivity index (χ1n) is 14.5. The Morgan fingerprint density at radius 3 is 2.39 bits per heavy atom. The second-order valence-corrected chi connectivity index (χ2v) is 11.1. The molecule has 1 amide bonds. The molecule has 0 saturated heterocycles. The number of nitrogens with zero attached hydrogens (tertiary/aromatic N) is 1. The van der Waals surface area contributed by atoms with Crippen molar-refractivity contribution in [3.63, 3.8) is 0 Å². The molecular weight excluding hydrogens is 587 g/mol. The average molecular weight is 625 g/mol. The summed E-state index contributed by atoms with van der Waals surface area (Å²) in [5.74, 6) is 1.57. The van der Waals surface area contributed by atoms with Crippen LogP contribution in [0.25, 0.3) is 5.57 Å². The zero-order valence-electron chi connectivity index (χ0n) is 25.2. The van der Waals surface area contributed by atoms with Crippen LogP contribution in [0.1, 0.15) is 41.5 Å². The highest BCUT2D eigenvalue weighted by Crippen LogP contribution is 2.34. The quantitative estimate of drug-likeness (QED) is 0.194. The van der Waals surface area contributed by atoms with Gasteiger partial charge in [-0.3, -0.25) is 9.59 Å². The number of carbonyl (C=O) groups excluding carboxylic acids is 1. The third kappa shape index (κ3) is 8.51. The predicted molar refractivity (Wildman–Crippen MR) is 168 cm³/mol. The standard InChI is InChI=1S/C33H36ClFN2O4.CH2O2/c1-21-16-30(34)32(17-22(21)2)41-15-14-40-26-8-4-23(5-9-26)28-12-13-36-19-29(28)33(38)37(25-6-7-25)20-24-18-27(39-3)10-11-31(24)35;2-1-3/h4-5,8-11,16-18,25,36H,6-7,12-15,19-20H2,1-3H3;1H,(H,2,3). The van der Waals surface area contributed by atoms with Crippen molar-refractivity contribution < 1.29 is 33.3 Å². The second kappa shape index (κ2) is 15.6. The number of aryl methyl sites for hydroxylation is 2. The molecule has 3 aromatic rings. The number of halogens is 2. The maximum atomic E-state index is 14.6. The Balaban J connectivity index is 0.00000141. The lowest BCUT2D eigenvalue weighted by Gasteiger charge is -2.28. The largest absolute Gasteiger partial charge is 0.497 e. The Morgan fingerprint density at radius 2 is 1.70 bits per heavy atom. The Kier molecular flexibility index (Phi) is 11.6. The molecule has 3 aromatic carbocycles. The van der Waals surface area contributed by atoms with Gasteiger partial charge in [0.15, 0.2) is 0 Å². The van der Waals surface area contributed by atoms with E-state index in [0.717, 1.165) is 59.4 Å². The van der Waals surface area contributed by atoms with Crippen molar-refractivity contribution in [3.8, 4) is 17.2 Å². The summed E-state index contributed by atoms with van der Waals surface area (Å²) in [6.45, 7) is 6.01. The minimum atomic E-state index is -0.335. The number of carboxylic acid groups (broad SMARTS) is 1. The molecule has 1 saturated carbocycles. The highest BCUT2D eigenvalue weighted by molar-refractivity contribution is 6.32. The minimum Gasteiger partial charge on any atom is -0.497 e. The van der Waals surface area contributed by atoms with Crippen LogP contribution in [0.5, 0.6) is 17.2 Å². The molecule has 10 heteroatoms. The highest BCUT2D eigenvalue weighted by Gasteiger charge is 2.35. The van der Waals surface area contributed by atoms with Crippen molar-refractivity contribution in [3.05, 3.63) is 93.3 Å². The predicted octanol–water partition coefficient (Wildman–Crippen LogP) is 6.20. The molecule has 0 aromatic heterocycles. The van der Waals surface area contributed by atoms with Crippen molar-refractivity contribution >= 4 is 29.6 Å². The maximum absolute atomic E-state index is 14.6. The molecule has 1 aliphatic heterocycles. The van der Waals surface area contributed by atoms with Crippen LogP contribution < -0.4 is 19.5 Å². The molecule has 1 fully saturated rings. The lowest BCUT2D eigenvalue weighted by Crippen LogP contribution is -2.39. The van der Waals surface area contributed by atoms with Crippen molar-refractivity contribution in [2.75, 3.05) is 33.4 Å². The molecule has 234 valence electrons. The van der Waals surface area contributed by atoms with Gasteiger partial charge in [-0.25, -0.2) is 4.39 Å². The van der Waals surface area contributed by atoms with Gasteiger partial charge in [0.1, 0.15) is 36.3 Å². The van der Waals surface area contributed by atoms with Crippen LogP contribution in [0.2, 0.25) is 5.02 Å². The molecule has 8 nitrogen and oxygen atoms in total. The fourth-order valence-corrected chi connectivity index (χ4v) is 5.32. The third-order valence-electron chi connectivity index (χ3n) is 7.68. The number of nitrogens with one attached hydrogen (secondary N) is 1. The topological polar surface area (TPSA) is 97.3 Å². The Labute approximate surface area is 262 Å². The average Bonchev–Trinajstić information content (AvgIpc) is 3.87. The molecule has 1 aliphatic carbocycles. The number of amides is 1. The van der Waals surface area contributed by atoms with Crippen molar-refractivity contribution in [1.29, 1.82) is 0 Å². The van der Waals surface area contributed by atoms with Crippen molar-refractivity contribution in [2.24, 2.45) is 0 Å². The number of hydrogen-bond donors (Lipinski definition) is 2.